The number of nitrogens with zero attached hydrogens (tertiary/aromatic N) is 1. The third-order valence-electron chi connectivity index (χ3n) is 3.50. The second-order valence-electron chi connectivity index (χ2n) is 6.65. The van der Waals surface area contributed by atoms with E-state index in [0.29, 0.717) is 0 Å². The van der Waals surface area contributed by atoms with E-state index in [4.69, 9.17) is 4.74 Å². The predicted molar refractivity (Wildman–Crippen MR) is 74.8 cm³/mol. The summed E-state index contributed by atoms with van der Waals surface area (Å²) < 4.78 is 6.00. The average molecular weight is 247 g/mol. The van der Waals surface area contributed by atoms with Crippen molar-refractivity contribution in [3.63, 3.8) is 0 Å². The molecule has 1 heterocycles. The van der Waals surface area contributed by atoms with Gasteiger partial charge >= 0.3 is 0 Å². The molecule has 0 aliphatic heterocycles. The molecule has 2 heteroatoms. The van der Waals surface area contributed by atoms with Crippen LogP contribution in [0.4, 0.5) is 0 Å². The van der Waals surface area contributed by atoms with Gasteiger partial charge in [0.05, 0.1) is 12.3 Å². The molecule has 0 atom stereocenters. The van der Waals surface area contributed by atoms with E-state index in [1.54, 1.807) is 0 Å². The highest BCUT2D eigenvalue weighted by atomic mass is 16.5. The minimum Gasteiger partial charge on any atom is -0.491 e. The van der Waals surface area contributed by atoms with Crippen LogP contribution in [0.1, 0.15) is 52.1 Å². The van der Waals surface area contributed by atoms with Crippen molar-refractivity contribution in [1.29, 1.82) is 0 Å². The molecule has 0 amide bonds. The van der Waals surface area contributed by atoms with Gasteiger partial charge in [-0.3, -0.25) is 4.98 Å². The van der Waals surface area contributed by atoms with Crippen molar-refractivity contribution in [1.82, 2.24) is 4.98 Å². The standard InChI is InChI=1S/C16H25NO/c1-16(2,3)11-14-15(9-6-10-17-14)18-12-13-7-4-5-8-13/h6,9-10,13H,4-5,7-8,11-12H2,1-3H3. The highest BCUT2D eigenvalue weighted by molar-refractivity contribution is 5.27. The Morgan fingerprint density at radius 1 is 1.28 bits per heavy atom. The van der Waals surface area contributed by atoms with Crippen molar-refractivity contribution in [2.75, 3.05) is 6.61 Å². The van der Waals surface area contributed by atoms with Crippen LogP contribution in [0.25, 0.3) is 0 Å². The number of pyridine rings is 1. The average Bonchev–Trinajstić information content (AvgIpc) is 2.79. The Morgan fingerprint density at radius 3 is 2.67 bits per heavy atom. The lowest BCUT2D eigenvalue weighted by Crippen LogP contribution is -2.14. The Balaban J connectivity index is 1.98. The molecular weight excluding hydrogens is 222 g/mol. The van der Waals surface area contributed by atoms with E-state index in [1.165, 1.54) is 25.7 Å². The van der Waals surface area contributed by atoms with Gasteiger partial charge in [-0.15, -0.1) is 0 Å². The van der Waals surface area contributed by atoms with Crippen LogP contribution in [0.2, 0.25) is 0 Å². The lowest BCUT2D eigenvalue weighted by molar-refractivity contribution is 0.246. The molecule has 1 saturated carbocycles. The van der Waals surface area contributed by atoms with Crippen molar-refractivity contribution in [2.45, 2.75) is 52.9 Å². The molecule has 0 N–H and O–H groups in total. The van der Waals surface area contributed by atoms with E-state index in [0.717, 1.165) is 30.4 Å². The summed E-state index contributed by atoms with van der Waals surface area (Å²) in [4.78, 5) is 4.48. The van der Waals surface area contributed by atoms with E-state index >= 15 is 0 Å². The first-order valence-corrected chi connectivity index (χ1v) is 7.11. The highest BCUT2D eigenvalue weighted by Gasteiger charge is 2.18. The molecule has 0 aromatic carbocycles. The number of hydrogen-bond acceptors (Lipinski definition) is 2. The minimum absolute atomic E-state index is 0.250. The first kappa shape index (κ1) is 13.4. The Labute approximate surface area is 111 Å². The molecule has 0 saturated heterocycles. The zero-order valence-electron chi connectivity index (χ0n) is 11.9. The van der Waals surface area contributed by atoms with Crippen LogP contribution in [0.5, 0.6) is 5.75 Å². The van der Waals surface area contributed by atoms with Crippen LogP contribution < -0.4 is 4.74 Å². The van der Waals surface area contributed by atoms with Gasteiger partial charge in [0.1, 0.15) is 5.75 Å². The predicted octanol–water partition coefficient (Wildman–Crippen LogP) is 4.24. The molecule has 18 heavy (non-hydrogen) atoms. The van der Waals surface area contributed by atoms with E-state index in [-0.39, 0.29) is 5.41 Å². The van der Waals surface area contributed by atoms with Gasteiger partial charge in [0.15, 0.2) is 0 Å². The summed E-state index contributed by atoms with van der Waals surface area (Å²) in [6.45, 7) is 7.58. The molecule has 1 aliphatic rings. The molecule has 0 radical (unpaired) electrons. The van der Waals surface area contributed by atoms with Crippen molar-refractivity contribution in [2.24, 2.45) is 11.3 Å². The summed E-state index contributed by atoms with van der Waals surface area (Å²) in [7, 11) is 0. The molecule has 1 aliphatic carbocycles. The van der Waals surface area contributed by atoms with E-state index in [1.807, 2.05) is 12.3 Å². The largest absolute Gasteiger partial charge is 0.491 e. The second kappa shape index (κ2) is 5.73. The highest BCUT2D eigenvalue weighted by Crippen LogP contribution is 2.28. The molecular formula is C16H25NO. The van der Waals surface area contributed by atoms with Crippen LogP contribution in [0, 0.1) is 11.3 Å². The Hall–Kier alpha value is -1.05. The maximum Gasteiger partial charge on any atom is 0.140 e. The molecule has 1 fully saturated rings. The van der Waals surface area contributed by atoms with Gasteiger partial charge in [-0.2, -0.15) is 0 Å². The topological polar surface area (TPSA) is 22.1 Å². The smallest absolute Gasteiger partial charge is 0.140 e. The maximum absolute atomic E-state index is 6.00. The number of ether oxygens (including phenoxy) is 1. The number of aromatic nitrogens is 1. The molecule has 100 valence electrons. The summed E-state index contributed by atoms with van der Waals surface area (Å²) in [5.74, 6) is 1.74. The van der Waals surface area contributed by atoms with Crippen LogP contribution in [-0.2, 0) is 6.42 Å². The molecule has 0 spiro atoms. The van der Waals surface area contributed by atoms with Crippen molar-refractivity contribution in [3.8, 4) is 5.75 Å². The van der Waals surface area contributed by atoms with Crippen LogP contribution in [0.3, 0.4) is 0 Å². The van der Waals surface area contributed by atoms with E-state index < -0.39 is 0 Å². The summed E-state index contributed by atoms with van der Waals surface area (Å²) in [6, 6.07) is 4.03. The summed E-state index contributed by atoms with van der Waals surface area (Å²) >= 11 is 0. The fourth-order valence-electron chi connectivity index (χ4n) is 2.57. The van der Waals surface area contributed by atoms with Gasteiger partial charge in [-0.1, -0.05) is 33.6 Å². The van der Waals surface area contributed by atoms with Crippen molar-refractivity contribution in [3.05, 3.63) is 24.0 Å². The van der Waals surface area contributed by atoms with Crippen molar-refractivity contribution >= 4 is 0 Å². The second-order valence-corrected chi connectivity index (χ2v) is 6.65. The third-order valence-corrected chi connectivity index (χ3v) is 3.50. The van der Waals surface area contributed by atoms with E-state index in [2.05, 4.69) is 31.8 Å². The molecule has 0 bridgehead atoms. The molecule has 1 aromatic rings. The van der Waals surface area contributed by atoms with E-state index in [9.17, 15) is 0 Å². The summed E-state index contributed by atoms with van der Waals surface area (Å²) in [5.41, 5.74) is 1.35. The van der Waals surface area contributed by atoms with Gasteiger partial charge in [0.25, 0.3) is 0 Å². The minimum atomic E-state index is 0.250. The van der Waals surface area contributed by atoms with Gasteiger partial charge in [0.2, 0.25) is 0 Å². The van der Waals surface area contributed by atoms with Gasteiger partial charge < -0.3 is 4.74 Å². The summed E-state index contributed by atoms with van der Waals surface area (Å²) in [5, 5.41) is 0. The monoisotopic (exact) mass is 247 g/mol. The Bertz CT molecular complexity index is 375. The lowest BCUT2D eigenvalue weighted by Gasteiger charge is -2.20. The van der Waals surface area contributed by atoms with Gasteiger partial charge in [-0.05, 0) is 42.7 Å². The zero-order valence-corrected chi connectivity index (χ0v) is 11.9. The van der Waals surface area contributed by atoms with Gasteiger partial charge in [0, 0.05) is 6.20 Å². The fourth-order valence-corrected chi connectivity index (χ4v) is 2.57. The molecule has 1 aromatic heterocycles. The molecule has 2 nitrogen and oxygen atoms in total. The zero-order chi connectivity index (χ0) is 13.0. The number of hydrogen-bond donors (Lipinski definition) is 0. The fraction of sp³-hybridized carbons (Fsp3) is 0.688. The first-order valence-electron chi connectivity index (χ1n) is 7.11. The first-order chi connectivity index (χ1) is 8.54. The van der Waals surface area contributed by atoms with Crippen LogP contribution in [0.15, 0.2) is 18.3 Å². The normalized spacial score (nSPS) is 17.1. The quantitative estimate of drug-likeness (QED) is 0.794. The lowest BCUT2D eigenvalue weighted by atomic mass is 9.90. The molecule has 0 unspecified atom stereocenters. The van der Waals surface area contributed by atoms with Crippen LogP contribution in [-0.4, -0.2) is 11.6 Å². The maximum atomic E-state index is 6.00. The third kappa shape index (κ3) is 4.01. The van der Waals surface area contributed by atoms with Crippen LogP contribution >= 0.6 is 0 Å². The Morgan fingerprint density at radius 2 is 2.00 bits per heavy atom. The SMILES string of the molecule is CC(C)(C)Cc1ncccc1OCC1CCCC1. The molecule has 2 rings (SSSR count). The van der Waals surface area contributed by atoms with Crippen molar-refractivity contribution < 1.29 is 4.74 Å². The Kier molecular flexibility index (Phi) is 4.26. The van der Waals surface area contributed by atoms with Gasteiger partial charge in [-0.25, -0.2) is 0 Å². The summed E-state index contributed by atoms with van der Waals surface area (Å²) in [6.07, 6.45) is 8.23. The number of rotatable bonds is 4.